The van der Waals surface area contributed by atoms with Crippen LogP contribution in [-0.2, 0) is 0 Å². The Morgan fingerprint density at radius 2 is 2.12 bits per heavy atom. The van der Waals surface area contributed by atoms with Gasteiger partial charge in [0, 0.05) is 6.42 Å². The summed E-state index contributed by atoms with van der Waals surface area (Å²) in [5, 5.41) is 18.4. The number of carboxylic acid groups (broad SMARTS) is 1. The van der Waals surface area contributed by atoms with E-state index in [-0.39, 0.29) is 5.56 Å². The van der Waals surface area contributed by atoms with Gasteiger partial charge >= 0.3 is 5.97 Å². The zero-order valence-corrected chi connectivity index (χ0v) is 11.9. The third kappa shape index (κ3) is 4.91. The molecule has 0 unspecified atom stereocenters. The number of aliphatic hydroxyl groups is 1. The molecule has 2 N–H and O–H groups in total. The molecule has 1 rings (SSSR count). The van der Waals surface area contributed by atoms with Crippen molar-refractivity contribution in [2.45, 2.75) is 25.9 Å². The number of halogens is 1. The van der Waals surface area contributed by atoms with Crippen LogP contribution in [0.4, 0.5) is 0 Å². The van der Waals surface area contributed by atoms with Crippen molar-refractivity contribution in [1.82, 2.24) is 0 Å². The molecule has 17 heavy (non-hydrogen) atoms. The van der Waals surface area contributed by atoms with Gasteiger partial charge in [0.25, 0.3) is 0 Å². The van der Waals surface area contributed by atoms with E-state index in [1.54, 1.807) is 19.9 Å². The van der Waals surface area contributed by atoms with Gasteiger partial charge in [0.05, 0.1) is 21.3 Å². The average molecular weight is 350 g/mol. The van der Waals surface area contributed by atoms with Crippen LogP contribution in [0, 0.1) is 3.57 Å². The largest absolute Gasteiger partial charge is 0.492 e. The second-order valence-electron chi connectivity index (χ2n) is 4.36. The second-order valence-corrected chi connectivity index (χ2v) is 5.52. The number of carboxylic acids is 1. The van der Waals surface area contributed by atoms with E-state index in [1.807, 2.05) is 0 Å². The van der Waals surface area contributed by atoms with E-state index >= 15 is 0 Å². The SMILES string of the molecule is CC(C)(O)CCOc1cc(C(=O)O)ccc1I. The summed E-state index contributed by atoms with van der Waals surface area (Å²) in [6.07, 6.45) is 0.486. The van der Waals surface area contributed by atoms with Crippen LogP contribution in [0.15, 0.2) is 18.2 Å². The molecule has 1 aromatic rings. The summed E-state index contributed by atoms with van der Waals surface area (Å²) < 4.78 is 6.32. The lowest BCUT2D eigenvalue weighted by Crippen LogP contribution is -2.22. The van der Waals surface area contributed by atoms with Crippen LogP contribution in [0.1, 0.15) is 30.6 Å². The van der Waals surface area contributed by atoms with Gasteiger partial charge < -0.3 is 14.9 Å². The highest BCUT2D eigenvalue weighted by Crippen LogP contribution is 2.23. The lowest BCUT2D eigenvalue weighted by Gasteiger charge is -2.17. The summed E-state index contributed by atoms with van der Waals surface area (Å²) in [6, 6.07) is 4.73. The summed E-state index contributed by atoms with van der Waals surface area (Å²) >= 11 is 2.08. The lowest BCUT2D eigenvalue weighted by atomic mass is 10.1. The Hall–Kier alpha value is -0.820. The van der Waals surface area contributed by atoms with Gasteiger partial charge in [0.1, 0.15) is 5.75 Å². The van der Waals surface area contributed by atoms with Gasteiger partial charge in [-0.05, 0) is 54.6 Å². The van der Waals surface area contributed by atoms with Crippen LogP contribution in [0.25, 0.3) is 0 Å². The van der Waals surface area contributed by atoms with Crippen LogP contribution in [0.2, 0.25) is 0 Å². The molecule has 0 heterocycles. The molecule has 0 amide bonds. The van der Waals surface area contributed by atoms with Gasteiger partial charge in [-0.3, -0.25) is 0 Å². The highest BCUT2D eigenvalue weighted by atomic mass is 127. The molecule has 1 aromatic carbocycles. The van der Waals surface area contributed by atoms with Crippen LogP contribution in [-0.4, -0.2) is 28.4 Å². The van der Waals surface area contributed by atoms with Crippen molar-refractivity contribution in [3.05, 3.63) is 27.3 Å². The Morgan fingerprint density at radius 3 is 2.65 bits per heavy atom. The maximum absolute atomic E-state index is 10.8. The van der Waals surface area contributed by atoms with Crippen LogP contribution in [0.5, 0.6) is 5.75 Å². The molecule has 0 radical (unpaired) electrons. The first kappa shape index (κ1) is 14.2. The number of benzene rings is 1. The Balaban J connectivity index is 2.70. The number of rotatable bonds is 5. The predicted octanol–water partition coefficient (Wildman–Crippen LogP) is 2.53. The van der Waals surface area contributed by atoms with Crippen molar-refractivity contribution in [3.63, 3.8) is 0 Å². The molecule has 0 saturated heterocycles. The number of ether oxygens (including phenoxy) is 1. The van der Waals surface area contributed by atoms with Crippen LogP contribution in [0.3, 0.4) is 0 Å². The van der Waals surface area contributed by atoms with Gasteiger partial charge in [-0.15, -0.1) is 0 Å². The van der Waals surface area contributed by atoms with Crippen molar-refractivity contribution in [1.29, 1.82) is 0 Å². The summed E-state index contributed by atoms with van der Waals surface area (Å²) in [5.41, 5.74) is -0.584. The molecular formula is C12H15IO4. The maximum Gasteiger partial charge on any atom is 0.335 e. The van der Waals surface area contributed by atoms with Gasteiger partial charge in [-0.25, -0.2) is 4.79 Å². The fourth-order valence-corrected chi connectivity index (χ4v) is 1.65. The highest BCUT2D eigenvalue weighted by molar-refractivity contribution is 14.1. The molecule has 0 saturated carbocycles. The topological polar surface area (TPSA) is 66.8 Å². The standard InChI is InChI=1S/C12H15IO4/c1-12(2,16)5-6-17-10-7-8(11(14)15)3-4-9(10)13/h3-4,7,16H,5-6H2,1-2H3,(H,14,15). The second kappa shape index (κ2) is 5.68. The van der Waals surface area contributed by atoms with Gasteiger partial charge in [-0.2, -0.15) is 0 Å². The first-order chi connectivity index (χ1) is 7.79. The molecule has 0 fully saturated rings. The average Bonchev–Trinajstić information content (AvgIpc) is 2.18. The minimum Gasteiger partial charge on any atom is -0.492 e. The first-order valence-corrected chi connectivity index (χ1v) is 6.25. The minimum atomic E-state index is -0.978. The van der Waals surface area contributed by atoms with E-state index in [0.29, 0.717) is 18.8 Å². The van der Waals surface area contributed by atoms with E-state index in [0.717, 1.165) is 3.57 Å². The molecule has 0 aromatic heterocycles. The third-order valence-electron chi connectivity index (χ3n) is 2.15. The summed E-state index contributed by atoms with van der Waals surface area (Å²) in [6.45, 7) is 3.76. The molecule has 0 atom stereocenters. The molecule has 0 aliphatic rings. The van der Waals surface area contributed by atoms with E-state index < -0.39 is 11.6 Å². The van der Waals surface area contributed by atoms with Gasteiger partial charge in [0.2, 0.25) is 0 Å². The first-order valence-electron chi connectivity index (χ1n) is 5.17. The van der Waals surface area contributed by atoms with Crippen molar-refractivity contribution < 1.29 is 19.7 Å². The Kier molecular flexibility index (Phi) is 4.76. The fraction of sp³-hybridized carbons (Fsp3) is 0.417. The molecule has 0 bridgehead atoms. The van der Waals surface area contributed by atoms with Crippen molar-refractivity contribution in [2.24, 2.45) is 0 Å². The Labute approximate surface area is 114 Å². The predicted molar refractivity (Wildman–Crippen MR) is 72.5 cm³/mol. The highest BCUT2D eigenvalue weighted by Gasteiger charge is 2.13. The number of carbonyl (C=O) groups is 1. The van der Waals surface area contributed by atoms with Crippen molar-refractivity contribution >= 4 is 28.6 Å². The van der Waals surface area contributed by atoms with Gasteiger partial charge in [0.15, 0.2) is 0 Å². The fourth-order valence-electron chi connectivity index (χ4n) is 1.16. The molecule has 94 valence electrons. The minimum absolute atomic E-state index is 0.198. The van der Waals surface area contributed by atoms with Gasteiger partial charge in [-0.1, -0.05) is 0 Å². The molecular weight excluding hydrogens is 335 g/mol. The van der Waals surface area contributed by atoms with Crippen LogP contribution >= 0.6 is 22.6 Å². The molecule has 5 heteroatoms. The summed E-state index contributed by atoms with van der Waals surface area (Å²) in [4.78, 5) is 10.8. The zero-order chi connectivity index (χ0) is 13.1. The third-order valence-corrected chi connectivity index (χ3v) is 3.04. The molecule has 4 nitrogen and oxygen atoms in total. The lowest BCUT2D eigenvalue weighted by molar-refractivity contribution is 0.0550. The van der Waals surface area contributed by atoms with E-state index in [9.17, 15) is 9.90 Å². The molecule has 0 aliphatic carbocycles. The summed E-state index contributed by atoms with van der Waals surface area (Å²) in [7, 11) is 0. The number of hydrogen-bond acceptors (Lipinski definition) is 3. The van der Waals surface area contributed by atoms with Crippen molar-refractivity contribution in [2.75, 3.05) is 6.61 Å². The monoisotopic (exact) mass is 350 g/mol. The maximum atomic E-state index is 10.8. The number of hydrogen-bond donors (Lipinski definition) is 2. The number of aromatic carboxylic acids is 1. The molecule has 0 aliphatic heterocycles. The van der Waals surface area contributed by atoms with E-state index in [2.05, 4.69) is 22.6 Å². The van der Waals surface area contributed by atoms with E-state index in [1.165, 1.54) is 12.1 Å². The quantitative estimate of drug-likeness (QED) is 0.801. The van der Waals surface area contributed by atoms with E-state index in [4.69, 9.17) is 9.84 Å². The molecule has 0 spiro atoms. The zero-order valence-electron chi connectivity index (χ0n) is 9.74. The normalized spacial score (nSPS) is 11.3. The Bertz CT molecular complexity index is 409. The van der Waals surface area contributed by atoms with Crippen molar-refractivity contribution in [3.8, 4) is 5.75 Å². The Morgan fingerprint density at radius 1 is 1.47 bits per heavy atom. The smallest absolute Gasteiger partial charge is 0.335 e. The van der Waals surface area contributed by atoms with Crippen LogP contribution < -0.4 is 4.74 Å². The summed E-state index contributed by atoms with van der Waals surface area (Å²) in [5.74, 6) is -0.441.